The van der Waals surface area contributed by atoms with Crippen molar-refractivity contribution in [2.45, 2.75) is 39.7 Å². The lowest BCUT2D eigenvalue weighted by atomic mass is 9.69. The fourth-order valence-corrected chi connectivity index (χ4v) is 2.74. The highest BCUT2D eigenvalue weighted by Crippen LogP contribution is 2.40. The molecule has 0 aliphatic heterocycles. The monoisotopic (exact) mass is 247 g/mol. The summed E-state index contributed by atoms with van der Waals surface area (Å²) in [7, 11) is 1.81. The maximum atomic E-state index is 5.35. The van der Waals surface area contributed by atoms with Crippen LogP contribution in [0.15, 0.2) is 18.2 Å². The smallest absolute Gasteiger partial charge is 0.0530 e. The number of hydrogen-bond donors (Lipinski definition) is 1. The van der Waals surface area contributed by atoms with Crippen LogP contribution >= 0.6 is 0 Å². The van der Waals surface area contributed by atoms with E-state index in [0.717, 1.165) is 19.7 Å². The lowest BCUT2D eigenvalue weighted by Gasteiger charge is -2.41. The van der Waals surface area contributed by atoms with Crippen LogP contribution in [0, 0.1) is 19.3 Å². The molecule has 0 atom stereocenters. The molecular weight excluding hydrogens is 222 g/mol. The standard InChI is InChI=1S/C16H25NO/c1-13-5-6-15(9-14(13)2)10-17-11-16(12-18-3)7-4-8-16/h5-6,9,17H,4,7-8,10-12H2,1-3H3. The van der Waals surface area contributed by atoms with Gasteiger partial charge in [0.2, 0.25) is 0 Å². The fraction of sp³-hybridized carbons (Fsp3) is 0.625. The first kappa shape index (κ1) is 13.6. The second-order valence-corrected chi connectivity index (χ2v) is 5.81. The summed E-state index contributed by atoms with van der Waals surface area (Å²) in [5.74, 6) is 0. The van der Waals surface area contributed by atoms with Gasteiger partial charge in [0.25, 0.3) is 0 Å². The first-order valence-corrected chi connectivity index (χ1v) is 6.91. The van der Waals surface area contributed by atoms with Crippen LogP contribution in [0.1, 0.15) is 36.0 Å². The van der Waals surface area contributed by atoms with Crippen LogP contribution in [0.4, 0.5) is 0 Å². The zero-order valence-corrected chi connectivity index (χ0v) is 11.9. The van der Waals surface area contributed by atoms with Crippen molar-refractivity contribution in [1.82, 2.24) is 5.32 Å². The van der Waals surface area contributed by atoms with Crippen LogP contribution in [0.5, 0.6) is 0 Å². The van der Waals surface area contributed by atoms with Crippen molar-refractivity contribution in [2.75, 3.05) is 20.3 Å². The molecule has 1 aliphatic carbocycles. The summed E-state index contributed by atoms with van der Waals surface area (Å²) in [6.45, 7) is 7.28. The molecule has 18 heavy (non-hydrogen) atoms. The van der Waals surface area contributed by atoms with E-state index in [4.69, 9.17) is 4.74 Å². The van der Waals surface area contributed by atoms with Gasteiger partial charge >= 0.3 is 0 Å². The molecule has 2 nitrogen and oxygen atoms in total. The Morgan fingerprint density at radius 3 is 2.56 bits per heavy atom. The number of nitrogens with one attached hydrogen (secondary N) is 1. The van der Waals surface area contributed by atoms with Gasteiger partial charge in [-0.15, -0.1) is 0 Å². The van der Waals surface area contributed by atoms with Gasteiger partial charge in [-0.05, 0) is 43.4 Å². The summed E-state index contributed by atoms with van der Waals surface area (Å²) >= 11 is 0. The van der Waals surface area contributed by atoms with Gasteiger partial charge in [-0.3, -0.25) is 0 Å². The highest BCUT2D eigenvalue weighted by atomic mass is 16.5. The molecule has 100 valence electrons. The quantitative estimate of drug-likeness (QED) is 0.833. The molecule has 0 amide bonds. The van der Waals surface area contributed by atoms with Crippen molar-refractivity contribution >= 4 is 0 Å². The van der Waals surface area contributed by atoms with Crippen LogP contribution in [-0.4, -0.2) is 20.3 Å². The average Bonchev–Trinajstić information content (AvgIpc) is 2.30. The summed E-state index contributed by atoms with van der Waals surface area (Å²) in [5, 5.41) is 3.60. The zero-order chi connectivity index (χ0) is 13.0. The number of benzene rings is 1. The van der Waals surface area contributed by atoms with Crippen molar-refractivity contribution in [3.63, 3.8) is 0 Å². The molecule has 0 heterocycles. The molecule has 0 unspecified atom stereocenters. The Morgan fingerprint density at radius 2 is 2.00 bits per heavy atom. The van der Waals surface area contributed by atoms with Crippen LogP contribution in [0.25, 0.3) is 0 Å². The van der Waals surface area contributed by atoms with Crippen LogP contribution in [0.3, 0.4) is 0 Å². The van der Waals surface area contributed by atoms with E-state index in [-0.39, 0.29) is 0 Å². The van der Waals surface area contributed by atoms with E-state index in [2.05, 4.69) is 37.4 Å². The molecule has 0 saturated heterocycles. The maximum Gasteiger partial charge on any atom is 0.0530 e. The minimum Gasteiger partial charge on any atom is -0.384 e. The molecule has 1 aromatic carbocycles. The van der Waals surface area contributed by atoms with Gasteiger partial charge in [-0.1, -0.05) is 24.6 Å². The van der Waals surface area contributed by atoms with Crippen molar-refractivity contribution < 1.29 is 4.74 Å². The fourth-order valence-electron chi connectivity index (χ4n) is 2.74. The molecule has 2 heteroatoms. The number of aryl methyl sites for hydroxylation is 2. The second-order valence-electron chi connectivity index (χ2n) is 5.81. The maximum absolute atomic E-state index is 5.35. The summed E-state index contributed by atoms with van der Waals surface area (Å²) < 4.78 is 5.35. The molecule has 1 saturated carbocycles. The number of methoxy groups -OCH3 is 1. The van der Waals surface area contributed by atoms with Crippen molar-refractivity contribution in [3.05, 3.63) is 34.9 Å². The van der Waals surface area contributed by atoms with Gasteiger partial charge in [0.05, 0.1) is 6.61 Å². The molecule has 1 aliphatic rings. The Kier molecular flexibility index (Phi) is 4.41. The molecule has 0 radical (unpaired) electrons. The third-order valence-electron chi connectivity index (χ3n) is 4.27. The van der Waals surface area contributed by atoms with E-state index < -0.39 is 0 Å². The van der Waals surface area contributed by atoms with Crippen LogP contribution in [0.2, 0.25) is 0 Å². The van der Waals surface area contributed by atoms with Gasteiger partial charge in [0.15, 0.2) is 0 Å². The number of rotatable bonds is 6. The summed E-state index contributed by atoms with van der Waals surface area (Å²) in [5.41, 5.74) is 4.54. The van der Waals surface area contributed by atoms with Gasteiger partial charge < -0.3 is 10.1 Å². The Balaban J connectivity index is 1.82. The molecule has 1 N–H and O–H groups in total. The highest BCUT2D eigenvalue weighted by Gasteiger charge is 2.36. The average molecular weight is 247 g/mol. The molecule has 2 rings (SSSR count). The van der Waals surface area contributed by atoms with E-state index in [1.54, 1.807) is 0 Å². The molecular formula is C16H25NO. The predicted molar refractivity (Wildman–Crippen MR) is 75.8 cm³/mol. The number of hydrogen-bond acceptors (Lipinski definition) is 2. The molecule has 0 aromatic heterocycles. The zero-order valence-electron chi connectivity index (χ0n) is 11.9. The van der Waals surface area contributed by atoms with E-state index in [1.807, 2.05) is 7.11 Å². The van der Waals surface area contributed by atoms with Gasteiger partial charge in [0.1, 0.15) is 0 Å². The minimum absolute atomic E-state index is 0.411. The third kappa shape index (κ3) is 3.12. The number of ether oxygens (including phenoxy) is 1. The first-order valence-electron chi connectivity index (χ1n) is 6.91. The molecule has 1 fully saturated rings. The Labute approximate surface area is 111 Å². The Morgan fingerprint density at radius 1 is 1.22 bits per heavy atom. The van der Waals surface area contributed by atoms with Gasteiger partial charge in [-0.2, -0.15) is 0 Å². The van der Waals surface area contributed by atoms with Gasteiger partial charge in [0, 0.05) is 25.6 Å². The second kappa shape index (κ2) is 5.85. The topological polar surface area (TPSA) is 21.3 Å². The summed E-state index contributed by atoms with van der Waals surface area (Å²) in [4.78, 5) is 0. The van der Waals surface area contributed by atoms with E-state index in [1.165, 1.54) is 36.0 Å². The van der Waals surface area contributed by atoms with Crippen molar-refractivity contribution in [3.8, 4) is 0 Å². The molecule has 0 bridgehead atoms. The Bertz CT molecular complexity index is 396. The van der Waals surface area contributed by atoms with Crippen LogP contribution < -0.4 is 5.32 Å². The third-order valence-corrected chi connectivity index (χ3v) is 4.27. The highest BCUT2D eigenvalue weighted by molar-refractivity contribution is 5.29. The summed E-state index contributed by atoms with van der Waals surface area (Å²) in [6, 6.07) is 6.71. The van der Waals surface area contributed by atoms with E-state index in [9.17, 15) is 0 Å². The first-order chi connectivity index (χ1) is 8.65. The minimum atomic E-state index is 0.411. The van der Waals surface area contributed by atoms with Crippen molar-refractivity contribution in [2.24, 2.45) is 5.41 Å². The predicted octanol–water partition coefficient (Wildman–Crippen LogP) is 3.21. The molecule has 0 spiro atoms. The summed E-state index contributed by atoms with van der Waals surface area (Å²) in [6.07, 6.45) is 3.97. The van der Waals surface area contributed by atoms with Crippen molar-refractivity contribution in [1.29, 1.82) is 0 Å². The normalized spacial score (nSPS) is 17.5. The van der Waals surface area contributed by atoms with E-state index >= 15 is 0 Å². The SMILES string of the molecule is COCC1(CNCc2ccc(C)c(C)c2)CCC1. The largest absolute Gasteiger partial charge is 0.384 e. The lowest BCUT2D eigenvalue weighted by molar-refractivity contribution is 0.0177. The molecule has 1 aromatic rings. The lowest BCUT2D eigenvalue weighted by Crippen LogP contribution is -2.43. The van der Waals surface area contributed by atoms with Crippen LogP contribution in [-0.2, 0) is 11.3 Å². The van der Waals surface area contributed by atoms with Gasteiger partial charge in [-0.25, -0.2) is 0 Å². The van der Waals surface area contributed by atoms with E-state index in [0.29, 0.717) is 5.41 Å². The Hall–Kier alpha value is -0.860.